The zero-order valence-electron chi connectivity index (χ0n) is 12.7. The van der Waals surface area contributed by atoms with Crippen LogP contribution in [-0.4, -0.2) is 47.1 Å². The van der Waals surface area contributed by atoms with Gasteiger partial charge in [-0.2, -0.15) is 15.0 Å². The lowest BCUT2D eigenvalue weighted by molar-refractivity contribution is -0.384. The van der Waals surface area contributed by atoms with Crippen molar-refractivity contribution in [3.8, 4) is 0 Å². The van der Waals surface area contributed by atoms with Crippen LogP contribution in [-0.2, 0) is 0 Å². The minimum Gasteiger partial charge on any atom is -0.342 e. The second-order valence-corrected chi connectivity index (χ2v) is 5.02. The summed E-state index contributed by atoms with van der Waals surface area (Å²) in [6.07, 6.45) is 0. The number of likely N-dealkylation sites (N-methyl/N-ethyl adjacent to an activating group) is 2. The number of benzene rings is 1. The summed E-state index contributed by atoms with van der Waals surface area (Å²) >= 11 is 5.92. The van der Waals surface area contributed by atoms with E-state index in [0.717, 1.165) is 6.54 Å². The molecular weight excluding hydrogens is 322 g/mol. The highest BCUT2D eigenvalue weighted by atomic mass is 35.5. The first-order chi connectivity index (χ1) is 11.0. The summed E-state index contributed by atoms with van der Waals surface area (Å²) in [7, 11) is 3.68. The number of hydrogen-bond acceptors (Lipinski definition) is 8. The molecule has 0 saturated carbocycles. The number of non-ortho nitro benzene ring substituents is 1. The Labute approximate surface area is 137 Å². The number of rotatable bonds is 7. The molecule has 0 aliphatic rings. The summed E-state index contributed by atoms with van der Waals surface area (Å²) < 4.78 is 0. The van der Waals surface area contributed by atoms with Crippen LogP contribution >= 0.6 is 11.6 Å². The van der Waals surface area contributed by atoms with E-state index in [1.165, 1.54) is 12.1 Å². The lowest BCUT2D eigenvalue weighted by Crippen LogP contribution is -2.28. The Balaban J connectivity index is 2.21. The van der Waals surface area contributed by atoms with Crippen molar-refractivity contribution in [2.45, 2.75) is 0 Å². The zero-order valence-corrected chi connectivity index (χ0v) is 13.4. The molecule has 1 aromatic carbocycles. The summed E-state index contributed by atoms with van der Waals surface area (Å²) in [4.78, 5) is 24.5. The predicted octanol–water partition coefficient (Wildman–Crippen LogP) is 1.83. The Morgan fingerprint density at radius 1 is 1.35 bits per heavy atom. The summed E-state index contributed by atoms with van der Waals surface area (Å²) in [6.45, 7) is 1.44. The van der Waals surface area contributed by atoms with E-state index in [2.05, 4.69) is 25.6 Å². The first-order valence-electron chi connectivity index (χ1n) is 6.78. The normalized spacial score (nSPS) is 10.4. The molecule has 2 aromatic rings. The standard InChI is InChI=1S/C13H16ClN7O2/c1-15-6-7-20(2)13-18-11(14)17-12(19-13)16-9-4-3-5-10(8-9)21(22)23/h3-5,8,15H,6-7H2,1-2H3,(H,16,17,18,19). The molecule has 0 aliphatic carbocycles. The highest BCUT2D eigenvalue weighted by molar-refractivity contribution is 6.28. The van der Waals surface area contributed by atoms with Gasteiger partial charge >= 0.3 is 0 Å². The highest BCUT2D eigenvalue weighted by Crippen LogP contribution is 2.21. The summed E-state index contributed by atoms with van der Waals surface area (Å²) in [5, 5.41) is 16.8. The molecule has 0 fully saturated rings. The van der Waals surface area contributed by atoms with Gasteiger partial charge in [-0.05, 0) is 24.7 Å². The van der Waals surface area contributed by atoms with Crippen LogP contribution in [0.3, 0.4) is 0 Å². The molecule has 23 heavy (non-hydrogen) atoms. The molecule has 0 aliphatic heterocycles. The molecular formula is C13H16ClN7O2. The molecule has 122 valence electrons. The summed E-state index contributed by atoms with van der Waals surface area (Å²) in [5.74, 6) is 0.630. The number of nitro groups is 1. The van der Waals surface area contributed by atoms with Crippen molar-refractivity contribution in [1.82, 2.24) is 20.3 Å². The molecule has 2 rings (SSSR count). The van der Waals surface area contributed by atoms with Crippen LogP contribution in [0.2, 0.25) is 5.28 Å². The van der Waals surface area contributed by atoms with Crippen molar-refractivity contribution in [2.75, 3.05) is 37.4 Å². The number of nitrogens with one attached hydrogen (secondary N) is 2. The third-order valence-electron chi connectivity index (χ3n) is 2.95. The van der Waals surface area contributed by atoms with Gasteiger partial charge in [0, 0.05) is 38.0 Å². The van der Waals surface area contributed by atoms with Crippen LogP contribution in [0.25, 0.3) is 0 Å². The molecule has 0 unspecified atom stereocenters. The van der Waals surface area contributed by atoms with Gasteiger partial charge in [0.05, 0.1) is 4.92 Å². The third-order valence-corrected chi connectivity index (χ3v) is 3.12. The monoisotopic (exact) mass is 337 g/mol. The highest BCUT2D eigenvalue weighted by Gasteiger charge is 2.11. The Morgan fingerprint density at radius 2 is 2.13 bits per heavy atom. The van der Waals surface area contributed by atoms with E-state index >= 15 is 0 Å². The van der Waals surface area contributed by atoms with Gasteiger partial charge in [0.2, 0.25) is 17.2 Å². The van der Waals surface area contributed by atoms with Gasteiger partial charge in [-0.1, -0.05) is 6.07 Å². The predicted molar refractivity (Wildman–Crippen MR) is 88.4 cm³/mol. The van der Waals surface area contributed by atoms with Gasteiger partial charge in [-0.3, -0.25) is 10.1 Å². The van der Waals surface area contributed by atoms with Gasteiger partial charge in [-0.15, -0.1) is 0 Å². The number of halogens is 1. The molecule has 1 aromatic heterocycles. The SMILES string of the molecule is CNCCN(C)c1nc(Cl)nc(Nc2cccc([N+](=O)[O-])c2)n1. The number of nitro benzene ring substituents is 1. The maximum atomic E-state index is 10.8. The summed E-state index contributed by atoms with van der Waals surface area (Å²) in [5.41, 5.74) is 0.465. The van der Waals surface area contributed by atoms with Crippen LogP contribution < -0.4 is 15.5 Å². The second kappa shape index (κ2) is 7.65. The zero-order chi connectivity index (χ0) is 16.8. The van der Waals surface area contributed by atoms with Crippen molar-refractivity contribution in [1.29, 1.82) is 0 Å². The van der Waals surface area contributed by atoms with E-state index < -0.39 is 4.92 Å². The largest absolute Gasteiger partial charge is 0.342 e. The van der Waals surface area contributed by atoms with Gasteiger partial charge in [0.25, 0.3) is 5.69 Å². The number of hydrogen-bond donors (Lipinski definition) is 2. The summed E-state index contributed by atoms with van der Waals surface area (Å²) in [6, 6.07) is 6.04. The molecule has 0 amide bonds. The van der Waals surface area contributed by atoms with E-state index in [-0.39, 0.29) is 16.9 Å². The Bertz CT molecular complexity index is 698. The van der Waals surface area contributed by atoms with Crippen LogP contribution in [0, 0.1) is 10.1 Å². The lowest BCUT2D eigenvalue weighted by Gasteiger charge is -2.17. The van der Waals surface area contributed by atoms with Gasteiger partial charge in [0.1, 0.15) is 0 Å². The quantitative estimate of drug-likeness (QED) is 0.581. The molecule has 9 nitrogen and oxygen atoms in total. The van der Waals surface area contributed by atoms with Crippen LogP contribution in [0.15, 0.2) is 24.3 Å². The molecule has 0 bridgehead atoms. The molecule has 2 N–H and O–H groups in total. The van der Waals surface area contributed by atoms with E-state index in [1.54, 1.807) is 12.1 Å². The van der Waals surface area contributed by atoms with Crippen LogP contribution in [0.1, 0.15) is 0 Å². The fourth-order valence-electron chi connectivity index (χ4n) is 1.77. The topological polar surface area (TPSA) is 109 Å². The average molecular weight is 338 g/mol. The van der Waals surface area contributed by atoms with E-state index in [9.17, 15) is 10.1 Å². The first kappa shape index (κ1) is 16.8. The Hall–Kier alpha value is -2.52. The molecule has 0 saturated heterocycles. The Kier molecular flexibility index (Phi) is 5.61. The first-order valence-corrected chi connectivity index (χ1v) is 7.16. The van der Waals surface area contributed by atoms with Crippen molar-refractivity contribution in [3.63, 3.8) is 0 Å². The fraction of sp³-hybridized carbons (Fsp3) is 0.308. The maximum absolute atomic E-state index is 10.8. The van der Waals surface area contributed by atoms with E-state index in [4.69, 9.17) is 11.6 Å². The van der Waals surface area contributed by atoms with Crippen molar-refractivity contribution < 1.29 is 4.92 Å². The Morgan fingerprint density at radius 3 is 2.83 bits per heavy atom. The van der Waals surface area contributed by atoms with Gasteiger partial charge < -0.3 is 15.5 Å². The minimum absolute atomic E-state index is 0.0264. The molecule has 1 heterocycles. The van der Waals surface area contributed by atoms with Gasteiger partial charge in [-0.25, -0.2) is 0 Å². The van der Waals surface area contributed by atoms with Crippen molar-refractivity contribution >= 4 is 34.9 Å². The van der Waals surface area contributed by atoms with Gasteiger partial charge in [0.15, 0.2) is 0 Å². The van der Waals surface area contributed by atoms with E-state index in [1.807, 2.05) is 19.0 Å². The minimum atomic E-state index is -0.470. The molecule has 10 heteroatoms. The second-order valence-electron chi connectivity index (χ2n) is 4.69. The average Bonchev–Trinajstić information content (AvgIpc) is 2.52. The molecule has 0 spiro atoms. The number of aromatic nitrogens is 3. The third kappa shape index (κ3) is 4.73. The van der Waals surface area contributed by atoms with E-state index in [0.29, 0.717) is 18.2 Å². The van der Waals surface area contributed by atoms with Crippen LogP contribution in [0.4, 0.5) is 23.3 Å². The number of nitrogens with zero attached hydrogens (tertiary/aromatic N) is 5. The smallest absolute Gasteiger partial charge is 0.271 e. The number of anilines is 3. The fourth-order valence-corrected chi connectivity index (χ4v) is 1.93. The molecule has 0 radical (unpaired) electrons. The maximum Gasteiger partial charge on any atom is 0.271 e. The van der Waals surface area contributed by atoms with Crippen LogP contribution in [0.5, 0.6) is 0 Å². The van der Waals surface area contributed by atoms with Crippen molar-refractivity contribution in [2.24, 2.45) is 0 Å². The molecule has 0 atom stereocenters. The van der Waals surface area contributed by atoms with Crippen molar-refractivity contribution in [3.05, 3.63) is 39.7 Å². The lowest BCUT2D eigenvalue weighted by atomic mass is 10.3.